The second kappa shape index (κ2) is 10.9. The lowest BCUT2D eigenvalue weighted by Crippen LogP contribution is -2.03. The first-order valence-electron chi connectivity index (χ1n) is 13.8. The van der Waals surface area contributed by atoms with Gasteiger partial charge in [0.25, 0.3) is 11.8 Å². The van der Waals surface area contributed by atoms with Crippen LogP contribution in [0.2, 0.25) is 0 Å². The Balaban J connectivity index is 0.000000161. The number of anilines is 2. The molecule has 4 N–H and O–H groups in total. The summed E-state index contributed by atoms with van der Waals surface area (Å²) in [7, 11) is 0. The van der Waals surface area contributed by atoms with Crippen molar-refractivity contribution in [1.82, 2.24) is 9.97 Å². The summed E-state index contributed by atoms with van der Waals surface area (Å²) in [4.78, 5) is 31.0. The van der Waals surface area contributed by atoms with Crippen molar-refractivity contribution < 1.29 is 9.59 Å². The Morgan fingerprint density at radius 3 is 1.32 bits per heavy atom. The molecule has 0 bridgehead atoms. The van der Waals surface area contributed by atoms with Crippen LogP contribution in [0.15, 0.2) is 48.5 Å². The highest BCUT2D eigenvalue weighted by Gasteiger charge is 2.25. The molecule has 4 aromatic rings. The van der Waals surface area contributed by atoms with Crippen LogP contribution in [0.25, 0.3) is 23.3 Å². The van der Waals surface area contributed by atoms with Crippen LogP contribution in [0.5, 0.6) is 0 Å². The van der Waals surface area contributed by atoms with Gasteiger partial charge in [-0.3, -0.25) is 9.59 Å². The number of aromatic nitrogens is 2. The number of carbonyl (C=O) groups is 2. The number of carbonyl (C=O) groups excluding carboxylic acids is 2. The van der Waals surface area contributed by atoms with Gasteiger partial charge in [0.15, 0.2) is 0 Å². The van der Waals surface area contributed by atoms with Gasteiger partial charge in [0, 0.05) is 45.3 Å². The summed E-state index contributed by atoms with van der Waals surface area (Å²) in [6.45, 7) is 12.7. The van der Waals surface area contributed by atoms with Gasteiger partial charge in [0.1, 0.15) is 0 Å². The minimum atomic E-state index is -0.0316. The van der Waals surface area contributed by atoms with E-state index >= 15 is 0 Å². The Morgan fingerprint density at radius 2 is 0.975 bits per heavy atom. The predicted octanol–water partition coefficient (Wildman–Crippen LogP) is 7.37. The number of H-pyrrole nitrogens is 2. The maximum absolute atomic E-state index is 12.1. The standard InChI is InChI=1S/2C17H18N2O/c2*1-4-12-10(2)16(18-11(12)3)9-14-13-7-5-6-8-15(13)19-17(14)20/h2*5-9,18H,4H2,1-3H3,(H,19,20). The van der Waals surface area contributed by atoms with E-state index < -0.39 is 0 Å². The molecule has 0 saturated carbocycles. The summed E-state index contributed by atoms with van der Waals surface area (Å²) < 4.78 is 0. The van der Waals surface area contributed by atoms with Crippen molar-refractivity contribution in [1.29, 1.82) is 0 Å². The number of hydrogen-bond acceptors (Lipinski definition) is 2. The monoisotopic (exact) mass is 532 g/mol. The molecule has 204 valence electrons. The summed E-state index contributed by atoms with van der Waals surface area (Å²) in [6.07, 6.45) is 5.92. The smallest absolute Gasteiger partial charge is 0.256 e. The molecule has 2 amide bonds. The summed E-state index contributed by atoms with van der Waals surface area (Å²) >= 11 is 0. The van der Waals surface area contributed by atoms with E-state index in [1.165, 1.54) is 33.6 Å². The fourth-order valence-corrected chi connectivity index (χ4v) is 5.83. The molecule has 6 rings (SSSR count). The van der Waals surface area contributed by atoms with Gasteiger partial charge >= 0.3 is 0 Å². The number of aromatic amines is 2. The highest BCUT2D eigenvalue weighted by molar-refractivity contribution is 6.35. The normalized spacial score (nSPS) is 15.6. The maximum Gasteiger partial charge on any atom is 0.256 e. The molecule has 4 heterocycles. The molecule has 0 spiro atoms. The van der Waals surface area contributed by atoms with Gasteiger partial charge in [-0.2, -0.15) is 0 Å². The lowest BCUT2D eigenvalue weighted by Gasteiger charge is -1.99. The van der Waals surface area contributed by atoms with Crippen LogP contribution in [0, 0.1) is 27.7 Å². The molecule has 6 heteroatoms. The van der Waals surface area contributed by atoms with Gasteiger partial charge in [-0.15, -0.1) is 0 Å². The van der Waals surface area contributed by atoms with E-state index in [1.807, 2.05) is 60.7 Å². The lowest BCUT2D eigenvalue weighted by atomic mass is 10.0. The van der Waals surface area contributed by atoms with Gasteiger partial charge in [-0.1, -0.05) is 50.2 Å². The summed E-state index contributed by atoms with van der Waals surface area (Å²) in [5.74, 6) is -0.0631. The third-order valence-corrected chi connectivity index (χ3v) is 7.97. The fourth-order valence-electron chi connectivity index (χ4n) is 5.83. The molecular weight excluding hydrogens is 496 g/mol. The summed E-state index contributed by atoms with van der Waals surface area (Å²) in [6, 6.07) is 15.6. The van der Waals surface area contributed by atoms with Gasteiger partial charge in [0.05, 0.1) is 11.1 Å². The second-order valence-electron chi connectivity index (χ2n) is 10.4. The number of hydrogen-bond donors (Lipinski definition) is 4. The van der Waals surface area contributed by atoms with Crippen molar-refractivity contribution in [2.45, 2.75) is 54.4 Å². The minimum absolute atomic E-state index is 0.0316. The second-order valence-corrected chi connectivity index (χ2v) is 10.4. The Bertz CT molecular complexity index is 1570. The zero-order valence-corrected chi connectivity index (χ0v) is 24.0. The van der Waals surface area contributed by atoms with E-state index in [9.17, 15) is 9.59 Å². The first kappa shape index (κ1) is 27.0. The van der Waals surface area contributed by atoms with Gasteiger partial charge in [0.2, 0.25) is 0 Å². The number of aryl methyl sites for hydroxylation is 2. The molecule has 2 aromatic heterocycles. The topological polar surface area (TPSA) is 89.8 Å². The van der Waals surface area contributed by atoms with Gasteiger partial charge < -0.3 is 20.6 Å². The van der Waals surface area contributed by atoms with Gasteiger partial charge in [-0.25, -0.2) is 0 Å². The van der Waals surface area contributed by atoms with Crippen LogP contribution in [0.4, 0.5) is 11.4 Å². The van der Waals surface area contributed by atoms with Crippen LogP contribution in [-0.4, -0.2) is 21.8 Å². The number of nitrogens with one attached hydrogen (secondary N) is 4. The van der Waals surface area contributed by atoms with Crippen LogP contribution < -0.4 is 10.6 Å². The number of rotatable bonds is 4. The van der Waals surface area contributed by atoms with Crippen LogP contribution in [-0.2, 0) is 22.4 Å². The molecular formula is C34H36N4O2. The van der Waals surface area contributed by atoms with Crippen molar-refractivity contribution in [3.05, 3.63) is 105 Å². The first-order valence-corrected chi connectivity index (χ1v) is 13.8. The molecule has 6 nitrogen and oxygen atoms in total. The fraction of sp³-hybridized carbons (Fsp3) is 0.235. The zero-order valence-electron chi connectivity index (χ0n) is 24.0. The average Bonchev–Trinajstić information content (AvgIpc) is 3.61. The molecule has 2 aliphatic rings. The summed E-state index contributed by atoms with van der Waals surface area (Å²) in [5, 5.41) is 5.80. The average molecular weight is 533 g/mol. The van der Waals surface area contributed by atoms with Crippen molar-refractivity contribution >= 4 is 46.5 Å². The van der Waals surface area contributed by atoms with E-state index in [-0.39, 0.29) is 11.8 Å². The number of para-hydroxylation sites is 2. The number of fused-ring (bicyclic) bond motifs is 2. The maximum atomic E-state index is 12.1. The highest BCUT2D eigenvalue weighted by atomic mass is 16.2. The zero-order chi connectivity index (χ0) is 28.6. The van der Waals surface area contributed by atoms with Crippen molar-refractivity contribution in [2.24, 2.45) is 0 Å². The molecule has 0 unspecified atom stereocenters. The Kier molecular flexibility index (Phi) is 7.35. The van der Waals surface area contributed by atoms with Crippen LogP contribution in [0.1, 0.15) is 70.0 Å². The summed E-state index contributed by atoms with van der Waals surface area (Å²) in [5.41, 5.74) is 14.7. The first-order chi connectivity index (χ1) is 19.2. The third-order valence-electron chi connectivity index (χ3n) is 7.97. The molecule has 0 aliphatic carbocycles. The van der Waals surface area contributed by atoms with E-state index in [0.29, 0.717) is 0 Å². The molecule has 0 radical (unpaired) electrons. The number of amides is 2. The number of benzene rings is 2. The molecule has 40 heavy (non-hydrogen) atoms. The van der Waals surface area contributed by atoms with Crippen molar-refractivity contribution in [3.8, 4) is 0 Å². The molecule has 2 aromatic carbocycles. The van der Waals surface area contributed by atoms with Crippen LogP contribution >= 0.6 is 0 Å². The SMILES string of the molecule is CCc1c(C)[nH]c(C=C2C(=O)Nc3ccccc32)c1C.CCc1c(C)[nH]c(C=C2C(=O)Nc3ccccc32)c1C. The van der Waals surface area contributed by atoms with E-state index in [2.05, 4.69) is 62.1 Å². The molecule has 2 aliphatic heterocycles. The Labute approximate surface area is 235 Å². The minimum Gasteiger partial charge on any atom is -0.359 e. The Morgan fingerprint density at radius 1 is 0.600 bits per heavy atom. The Hall–Kier alpha value is -4.58. The van der Waals surface area contributed by atoms with Gasteiger partial charge in [-0.05, 0) is 87.1 Å². The van der Waals surface area contributed by atoms with E-state index in [4.69, 9.17) is 0 Å². The lowest BCUT2D eigenvalue weighted by molar-refractivity contribution is -0.111. The quantitative estimate of drug-likeness (QED) is 0.207. The van der Waals surface area contributed by atoms with Crippen LogP contribution in [0.3, 0.4) is 0 Å². The predicted molar refractivity (Wildman–Crippen MR) is 165 cm³/mol. The largest absolute Gasteiger partial charge is 0.359 e. The molecule has 0 saturated heterocycles. The van der Waals surface area contributed by atoms with Crippen molar-refractivity contribution in [2.75, 3.05) is 10.6 Å². The molecule has 0 fully saturated rings. The van der Waals surface area contributed by atoms with Crippen molar-refractivity contribution in [3.63, 3.8) is 0 Å². The highest BCUT2D eigenvalue weighted by Crippen LogP contribution is 2.35. The van der Waals surface area contributed by atoms with E-state index in [1.54, 1.807) is 0 Å². The third kappa shape index (κ3) is 4.81. The molecule has 0 atom stereocenters. The van der Waals surface area contributed by atoms with E-state index in [0.717, 1.165) is 57.9 Å².